The van der Waals surface area contributed by atoms with E-state index in [-0.39, 0.29) is 0 Å². The summed E-state index contributed by atoms with van der Waals surface area (Å²) in [6.45, 7) is 5.18. The minimum absolute atomic E-state index is 0.385. The Balaban J connectivity index is 1.88. The van der Waals surface area contributed by atoms with Gasteiger partial charge in [-0.15, -0.1) is 6.58 Å². The fraction of sp³-hybridized carbons (Fsp3) is 0.867. The Morgan fingerprint density at radius 2 is 2.00 bits per heavy atom. The van der Waals surface area contributed by atoms with Crippen LogP contribution in [-0.2, 0) is 4.74 Å². The molecule has 0 spiro atoms. The van der Waals surface area contributed by atoms with Gasteiger partial charge < -0.3 is 20.1 Å². The van der Waals surface area contributed by atoms with Gasteiger partial charge in [-0.05, 0) is 32.2 Å². The van der Waals surface area contributed by atoms with E-state index in [4.69, 9.17) is 9.84 Å². The van der Waals surface area contributed by atoms with Crippen LogP contribution in [0.4, 0.5) is 4.39 Å². The van der Waals surface area contributed by atoms with Crippen LogP contribution < -0.4 is 0 Å². The van der Waals surface area contributed by atoms with Crippen LogP contribution in [0.1, 0.15) is 25.7 Å². The second kappa shape index (κ2) is 7.65. The first-order chi connectivity index (χ1) is 10.1. The molecule has 6 atom stereocenters. The number of ether oxygens (including phenoxy) is 1. The van der Waals surface area contributed by atoms with Gasteiger partial charge in [-0.3, -0.25) is 4.90 Å². The lowest BCUT2D eigenvalue weighted by atomic mass is 9.92. The zero-order valence-corrected chi connectivity index (χ0v) is 12.3. The van der Waals surface area contributed by atoms with Gasteiger partial charge in [-0.2, -0.15) is 0 Å². The average Bonchev–Trinajstić information content (AvgIpc) is 2.92. The largest absolute Gasteiger partial charge is 0.394 e. The van der Waals surface area contributed by atoms with E-state index in [0.717, 1.165) is 32.4 Å². The minimum Gasteiger partial charge on any atom is -0.394 e. The molecule has 2 aliphatic heterocycles. The van der Waals surface area contributed by atoms with Gasteiger partial charge in [0.1, 0.15) is 18.3 Å². The maximum Gasteiger partial charge on any atom is 0.154 e. The zero-order chi connectivity index (χ0) is 15.4. The highest BCUT2D eigenvalue weighted by molar-refractivity contribution is 4.93. The molecule has 6 heteroatoms. The van der Waals surface area contributed by atoms with Crippen LogP contribution >= 0.6 is 0 Å². The maximum atomic E-state index is 14.1. The van der Waals surface area contributed by atoms with Crippen molar-refractivity contribution in [1.29, 1.82) is 0 Å². The van der Waals surface area contributed by atoms with Crippen molar-refractivity contribution in [1.82, 2.24) is 4.90 Å². The summed E-state index contributed by atoms with van der Waals surface area (Å²) in [4.78, 5) is 2.32. The van der Waals surface area contributed by atoms with Crippen molar-refractivity contribution >= 4 is 0 Å². The number of likely N-dealkylation sites (tertiary alicyclic amines) is 1. The smallest absolute Gasteiger partial charge is 0.154 e. The van der Waals surface area contributed by atoms with Gasteiger partial charge >= 0.3 is 0 Å². The van der Waals surface area contributed by atoms with Crippen molar-refractivity contribution in [2.45, 2.75) is 62.3 Å². The highest BCUT2D eigenvalue weighted by Crippen LogP contribution is 2.29. The minimum atomic E-state index is -1.61. The van der Waals surface area contributed by atoms with Crippen LogP contribution in [-0.4, -0.2) is 76.5 Å². The Hall–Kier alpha value is -0.530. The molecule has 0 amide bonds. The van der Waals surface area contributed by atoms with Crippen molar-refractivity contribution in [3.63, 3.8) is 0 Å². The third-order valence-electron chi connectivity index (χ3n) is 4.59. The number of hydrogen-bond acceptors (Lipinski definition) is 5. The summed E-state index contributed by atoms with van der Waals surface area (Å²) in [5, 5.41) is 28.5. The number of halogens is 1. The first kappa shape index (κ1) is 16.8. The third kappa shape index (κ3) is 3.81. The molecule has 2 saturated heterocycles. The number of aliphatic hydroxyl groups excluding tert-OH is 3. The molecular formula is C15H26FNO4. The zero-order valence-electron chi connectivity index (χ0n) is 12.3. The van der Waals surface area contributed by atoms with E-state index in [1.807, 2.05) is 6.08 Å². The lowest BCUT2D eigenvalue weighted by Gasteiger charge is -2.39. The van der Waals surface area contributed by atoms with Crippen LogP contribution in [0.2, 0.25) is 0 Å². The van der Waals surface area contributed by atoms with Crippen molar-refractivity contribution < 1.29 is 24.4 Å². The topological polar surface area (TPSA) is 73.2 Å². The number of aliphatic hydroxyl groups is 3. The molecule has 0 saturated carbocycles. The molecule has 3 N–H and O–H groups in total. The molecule has 122 valence electrons. The first-order valence-electron chi connectivity index (χ1n) is 7.70. The number of hydrogen-bond donors (Lipinski definition) is 3. The molecular weight excluding hydrogens is 277 g/mol. The summed E-state index contributed by atoms with van der Waals surface area (Å²) < 4.78 is 19.5. The number of rotatable bonds is 6. The lowest BCUT2D eigenvalue weighted by molar-refractivity contribution is -0.213. The summed E-state index contributed by atoms with van der Waals surface area (Å²) >= 11 is 0. The van der Waals surface area contributed by atoms with Gasteiger partial charge in [-0.25, -0.2) is 4.39 Å². The quantitative estimate of drug-likeness (QED) is 0.613. The molecule has 2 rings (SSSR count). The van der Waals surface area contributed by atoms with Crippen molar-refractivity contribution in [3.05, 3.63) is 12.7 Å². The summed E-state index contributed by atoms with van der Waals surface area (Å²) in [5.74, 6) is 0. The van der Waals surface area contributed by atoms with Crippen molar-refractivity contribution in [3.8, 4) is 0 Å². The van der Waals surface area contributed by atoms with E-state index in [0.29, 0.717) is 12.5 Å². The van der Waals surface area contributed by atoms with E-state index in [2.05, 4.69) is 11.5 Å². The number of nitrogens with zero attached hydrogens (tertiary/aromatic N) is 1. The Kier molecular flexibility index (Phi) is 6.13. The van der Waals surface area contributed by atoms with Crippen LogP contribution in [0.25, 0.3) is 0 Å². The first-order valence-corrected chi connectivity index (χ1v) is 7.70. The SMILES string of the molecule is C=CCN1CCCC1CCC1OC(CO)C(O)C(O)C1F. The average molecular weight is 303 g/mol. The van der Waals surface area contributed by atoms with Crippen molar-refractivity contribution in [2.24, 2.45) is 0 Å². The Labute approximate surface area is 125 Å². The van der Waals surface area contributed by atoms with Crippen LogP contribution in [0.5, 0.6) is 0 Å². The van der Waals surface area contributed by atoms with Crippen LogP contribution in [0.15, 0.2) is 12.7 Å². The highest BCUT2D eigenvalue weighted by Gasteiger charge is 2.44. The monoisotopic (exact) mass is 303 g/mol. The molecule has 21 heavy (non-hydrogen) atoms. The molecule has 0 radical (unpaired) electrons. The van der Waals surface area contributed by atoms with Gasteiger partial charge in [0.2, 0.25) is 0 Å². The fourth-order valence-electron chi connectivity index (χ4n) is 3.37. The highest BCUT2D eigenvalue weighted by atomic mass is 19.1. The summed E-state index contributed by atoms with van der Waals surface area (Å²) in [6, 6.07) is 0.385. The molecule has 0 aliphatic carbocycles. The Morgan fingerprint density at radius 3 is 2.67 bits per heavy atom. The molecule has 2 aliphatic rings. The molecule has 2 fully saturated rings. The van der Waals surface area contributed by atoms with Crippen LogP contribution in [0.3, 0.4) is 0 Å². The standard InChI is InChI=1S/C15H26FNO4/c1-2-7-17-8-3-4-10(17)5-6-11-13(16)15(20)14(19)12(9-18)21-11/h2,10-15,18-20H,1,3-9H2. The van der Waals surface area contributed by atoms with Crippen LogP contribution in [0, 0.1) is 0 Å². The molecule has 0 aromatic heterocycles. The summed E-state index contributed by atoms with van der Waals surface area (Å²) in [7, 11) is 0. The predicted octanol–water partition coefficient (Wildman–Crippen LogP) is 0.237. The van der Waals surface area contributed by atoms with Gasteiger partial charge in [0.15, 0.2) is 6.17 Å². The van der Waals surface area contributed by atoms with Gasteiger partial charge in [0.25, 0.3) is 0 Å². The fourth-order valence-corrected chi connectivity index (χ4v) is 3.37. The third-order valence-corrected chi connectivity index (χ3v) is 4.59. The predicted molar refractivity (Wildman–Crippen MR) is 76.7 cm³/mol. The normalized spacial score (nSPS) is 41.3. The van der Waals surface area contributed by atoms with Gasteiger partial charge in [0, 0.05) is 12.6 Å². The Bertz CT molecular complexity index is 342. The van der Waals surface area contributed by atoms with Crippen molar-refractivity contribution in [2.75, 3.05) is 19.7 Å². The summed E-state index contributed by atoms with van der Waals surface area (Å²) in [5.41, 5.74) is 0. The van der Waals surface area contributed by atoms with E-state index < -0.39 is 37.2 Å². The number of alkyl halides is 1. The van der Waals surface area contributed by atoms with E-state index in [1.54, 1.807) is 0 Å². The molecule has 5 nitrogen and oxygen atoms in total. The molecule has 0 bridgehead atoms. The van der Waals surface area contributed by atoms with E-state index >= 15 is 0 Å². The lowest BCUT2D eigenvalue weighted by Crippen LogP contribution is -2.57. The Morgan fingerprint density at radius 1 is 1.24 bits per heavy atom. The summed E-state index contributed by atoms with van der Waals surface area (Å²) in [6.07, 6.45) is -0.836. The van der Waals surface area contributed by atoms with E-state index in [9.17, 15) is 14.6 Å². The molecule has 0 aromatic carbocycles. The van der Waals surface area contributed by atoms with Gasteiger partial charge in [0.05, 0.1) is 12.7 Å². The second-order valence-electron chi connectivity index (χ2n) is 5.98. The van der Waals surface area contributed by atoms with E-state index in [1.165, 1.54) is 0 Å². The molecule has 6 unspecified atom stereocenters. The maximum absolute atomic E-state index is 14.1. The molecule has 2 heterocycles. The molecule has 0 aromatic rings. The second-order valence-corrected chi connectivity index (χ2v) is 5.98. The van der Waals surface area contributed by atoms with Gasteiger partial charge in [-0.1, -0.05) is 6.08 Å².